The molecule has 0 saturated carbocycles. The van der Waals surface area contributed by atoms with Crippen LogP contribution in [0, 0.1) is 6.92 Å². The van der Waals surface area contributed by atoms with Crippen LogP contribution in [0.15, 0.2) is 71.3 Å². The molecular formula is C27H25ClN4O4. The Hall–Kier alpha value is -4.04. The quantitative estimate of drug-likeness (QED) is 0.405. The van der Waals surface area contributed by atoms with Gasteiger partial charge in [0.05, 0.1) is 24.9 Å². The van der Waals surface area contributed by atoms with E-state index < -0.39 is 5.54 Å². The lowest BCUT2D eigenvalue weighted by Gasteiger charge is -2.43. The minimum Gasteiger partial charge on any atom is -0.495 e. The maximum Gasteiger partial charge on any atom is 0.277 e. The molecule has 36 heavy (non-hydrogen) atoms. The summed E-state index contributed by atoms with van der Waals surface area (Å²) in [4.78, 5) is 29.1. The number of ether oxygens (including phenoxy) is 1. The van der Waals surface area contributed by atoms with Crippen LogP contribution in [0.3, 0.4) is 0 Å². The zero-order valence-electron chi connectivity index (χ0n) is 20.1. The number of halogens is 1. The van der Waals surface area contributed by atoms with E-state index in [1.807, 2.05) is 31.2 Å². The molecule has 2 aromatic carbocycles. The van der Waals surface area contributed by atoms with Crippen LogP contribution in [0.25, 0.3) is 11.5 Å². The van der Waals surface area contributed by atoms with Gasteiger partial charge in [-0.25, -0.2) is 0 Å². The van der Waals surface area contributed by atoms with Crippen LogP contribution in [0.2, 0.25) is 5.02 Å². The third-order valence-electron chi connectivity index (χ3n) is 6.38. The minimum atomic E-state index is -1.29. The molecule has 3 heterocycles. The predicted octanol–water partition coefficient (Wildman–Crippen LogP) is 4.85. The smallest absolute Gasteiger partial charge is 0.277 e. The summed E-state index contributed by atoms with van der Waals surface area (Å²) in [6.07, 6.45) is 1.55. The largest absolute Gasteiger partial charge is 0.495 e. The first-order valence-electron chi connectivity index (χ1n) is 11.4. The Morgan fingerprint density at radius 3 is 2.64 bits per heavy atom. The second kappa shape index (κ2) is 9.20. The van der Waals surface area contributed by atoms with Gasteiger partial charge in [0.2, 0.25) is 5.91 Å². The molecule has 0 saturated heterocycles. The summed E-state index contributed by atoms with van der Waals surface area (Å²) < 4.78 is 12.3. The van der Waals surface area contributed by atoms with E-state index in [4.69, 9.17) is 20.8 Å². The number of anilines is 1. The molecule has 0 aliphatic carbocycles. The van der Waals surface area contributed by atoms with Gasteiger partial charge in [-0.1, -0.05) is 41.4 Å². The van der Waals surface area contributed by atoms with Crippen LogP contribution in [-0.2, 0) is 17.9 Å². The minimum absolute atomic E-state index is 0.137. The number of carbonyl (C=O) groups is 2. The van der Waals surface area contributed by atoms with Gasteiger partial charge in [0, 0.05) is 18.3 Å². The molecule has 0 bridgehead atoms. The molecule has 4 aromatic rings. The van der Waals surface area contributed by atoms with Crippen LogP contribution in [0.5, 0.6) is 5.75 Å². The van der Waals surface area contributed by atoms with E-state index in [2.05, 4.69) is 10.4 Å². The first-order valence-corrected chi connectivity index (χ1v) is 11.8. The summed E-state index contributed by atoms with van der Waals surface area (Å²) in [5, 5.41) is 7.91. The molecule has 1 N–H and O–H groups in total. The number of amides is 2. The number of aryl methyl sites for hydroxylation is 1. The van der Waals surface area contributed by atoms with Gasteiger partial charge in [0.15, 0.2) is 5.76 Å². The molecule has 0 fully saturated rings. The molecule has 2 amide bonds. The fraction of sp³-hybridized carbons (Fsp3) is 0.222. The van der Waals surface area contributed by atoms with E-state index >= 15 is 0 Å². The molecule has 1 unspecified atom stereocenters. The number of hydrogen-bond acceptors (Lipinski definition) is 5. The lowest BCUT2D eigenvalue weighted by atomic mass is 9.93. The number of methoxy groups -OCH3 is 1. The number of hydrogen-bond donors (Lipinski definition) is 1. The van der Waals surface area contributed by atoms with E-state index in [-0.39, 0.29) is 18.4 Å². The number of aromatic nitrogens is 2. The zero-order chi connectivity index (χ0) is 25.4. The summed E-state index contributed by atoms with van der Waals surface area (Å²) in [5.41, 5.74) is 2.14. The highest BCUT2D eigenvalue weighted by Gasteiger charge is 2.49. The van der Waals surface area contributed by atoms with Crippen LogP contribution < -0.4 is 15.0 Å². The normalized spacial score (nSPS) is 17.1. The van der Waals surface area contributed by atoms with Gasteiger partial charge in [0.25, 0.3) is 5.91 Å². The molecule has 8 nitrogen and oxygen atoms in total. The molecule has 0 spiro atoms. The van der Waals surface area contributed by atoms with Crippen molar-refractivity contribution in [1.29, 1.82) is 0 Å². The number of fused-ring (bicyclic) bond motifs is 1. The van der Waals surface area contributed by atoms with Crippen molar-refractivity contribution in [3.05, 3.63) is 88.8 Å². The fourth-order valence-corrected chi connectivity index (χ4v) is 4.66. The van der Waals surface area contributed by atoms with E-state index in [0.29, 0.717) is 40.2 Å². The van der Waals surface area contributed by atoms with Gasteiger partial charge in [-0.05, 0) is 49.7 Å². The van der Waals surface area contributed by atoms with Crippen molar-refractivity contribution in [3.8, 4) is 17.2 Å². The third kappa shape index (κ3) is 4.13. The van der Waals surface area contributed by atoms with Gasteiger partial charge >= 0.3 is 0 Å². The number of nitrogens with one attached hydrogen (secondary N) is 1. The monoisotopic (exact) mass is 504 g/mol. The highest BCUT2D eigenvalue weighted by atomic mass is 35.5. The topological polar surface area (TPSA) is 89.6 Å². The maximum atomic E-state index is 13.9. The number of carbonyl (C=O) groups excluding carboxylic acids is 2. The average molecular weight is 505 g/mol. The summed E-state index contributed by atoms with van der Waals surface area (Å²) in [6, 6.07) is 18.1. The first kappa shape index (κ1) is 23.7. The fourth-order valence-electron chi connectivity index (χ4n) is 4.40. The van der Waals surface area contributed by atoms with Crippen molar-refractivity contribution < 1.29 is 18.7 Å². The number of nitrogens with zero attached hydrogens (tertiary/aromatic N) is 3. The lowest BCUT2D eigenvalue weighted by Crippen LogP contribution is -2.64. The third-order valence-corrected chi connectivity index (χ3v) is 6.68. The van der Waals surface area contributed by atoms with E-state index in [0.717, 1.165) is 11.1 Å². The standard InChI is InChI=1S/C27H25ClN4O4/c1-17-6-8-18(9-7-17)15-29-26(34)27(2)16-31-22(14-21(30-31)24-5-4-12-36-24)25(33)32(27)19-10-11-23(35-3)20(28)13-19/h4-14H,15-16H2,1-3H3,(H,29,34). The Kier molecular flexibility index (Phi) is 6.05. The van der Waals surface area contributed by atoms with Crippen molar-refractivity contribution >= 4 is 29.1 Å². The van der Waals surface area contributed by atoms with Crippen molar-refractivity contribution in [3.63, 3.8) is 0 Å². The summed E-state index contributed by atoms with van der Waals surface area (Å²) in [7, 11) is 1.52. The molecule has 1 atom stereocenters. The summed E-state index contributed by atoms with van der Waals surface area (Å²) >= 11 is 6.40. The summed E-state index contributed by atoms with van der Waals surface area (Å²) in [6.45, 7) is 4.19. The van der Waals surface area contributed by atoms with E-state index in [9.17, 15) is 9.59 Å². The predicted molar refractivity (Wildman–Crippen MR) is 136 cm³/mol. The average Bonchev–Trinajstić information content (AvgIpc) is 3.54. The summed E-state index contributed by atoms with van der Waals surface area (Å²) in [5.74, 6) is 0.319. The molecule has 5 rings (SSSR count). The molecule has 0 radical (unpaired) electrons. The van der Waals surface area contributed by atoms with Gasteiger partial charge in [0.1, 0.15) is 22.7 Å². The molecule has 184 valence electrons. The van der Waals surface area contributed by atoms with Gasteiger partial charge < -0.3 is 14.5 Å². The van der Waals surface area contributed by atoms with Crippen molar-refractivity contribution in [2.75, 3.05) is 12.0 Å². The van der Waals surface area contributed by atoms with Crippen molar-refractivity contribution in [2.45, 2.75) is 32.5 Å². The van der Waals surface area contributed by atoms with Crippen molar-refractivity contribution in [2.24, 2.45) is 0 Å². The zero-order valence-corrected chi connectivity index (χ0v) is 20.9. The molecule has 2 aromatic heterocycles. The van der Waals surface area contributed by atoms with Crippen molar-refractivity contribution in [1.82, 2.24) is 15.1 Å². The van der Waals surface area contributed by atoms with Crippen LogP contribution in [-0.4, -0.2) is 34.2 Å². The van der Waals surface area contributed by atoms with Crippen LogP contribution in [0.1, 0.15) is 28.5 Å². The Bertz CT molecular complexity index is 1430. The molecule has 9 heteroatoms. The number of furan rings is 1. The number of benzene rings is 2. The highest BCUT2D eigenvalue weighted by Crippen LogP contribution is 2.37. The highest BCUT2D eigenvalue weighted by molar-refractivity contribution is 6.32. The van der Waals surface area contributed by atoms with E-state index in [1.54, 1.807) is 54.3 Å². The van der Waals surface area contributed by atoms with Gasteiger partial charge in [-0.3, -0.25) is 19.2 Å². The first-order chi connectivity index (χ1) is 17.3. The molecular weight excluding hydrogens is 480 g/mol. The van der Waals surface area contributed by atoms with E-state index in [1.165, 1.54) is 12.0 Å². The molecule has 1 aliphatic rings. The lowest BCUT2D eigenvalue weighted by molar-refractivity contribution is -0.126. The van der Waals surface area contributed by atoms with Gasteiger partial charge in [-0.2, -0.15) is 5.10 Å². The second-order valence-corrected chi connectivity index (χ2v) is 9.36. The Labute approximate surface area is 213 Å². The molecule has 1 aliphatic heterocycles. The SMILES string of the molecule is COc1ccc(N2C(=O)c3cc(-c4ccco4)nn3CC2(C)C(=O)NCc2ccc(C)cc2)cc1Cl. The Balaban J connectivity index is 1.54. The second-order valence-electron chi connectivity index (χ2n) is 8.95. The van der Waals surface area contributed by atoms with Gasteiger partial charge in [-0.15, -0.1) is 0 Å². The Morgan fingerprint density at radius 2 is 1.97 bits per heavy atom. The van der Waals surface area contributed by atoms with Crippen LogP contribution >= 0.6 is 11.6 Å². The maximum absolute atomic E-state index is 13.9. The Morgan fingerprint density at radius 1 is 1.19 bits per heavy atom. The van der Waals surface area contributed by atoms with Crippen LogP contribution in [0.4, 0.5) is 5.69 Å². The number of rotatable bonds is 6.